The molecule has 0 saturated heterocycles. The van der Waals surface area contributed by atoms with Gasteiger partial charge < -0.3 is 10.1 Å². The summed E-state index contributed by atoms with van der Waals surface area (Å²) >= 11 is 7.28. The minimum atomic E-state index is -0.428. The summed E-state index contributed by atoms with van der Waals surface area (Å²) in [4.78, 5) is 25.2. The van der Waals surface area contributed by atoms with Crippen LogP contribution in [0.1, 0.15) is 33.4 Å². The van der Waals surface area contributed by atoms with Crippen LogP contribution in [0, 0.1) is 20.8 Å². The second kappa shape index (κ2) is 7.14. The van der Waals surface area contributed by atoms with E-state index in [0.717, 1.165) is 10.4 Å². The van der Waals surface area contributed by atoms with Crippen molar-refractivity contribution >= 4 is 39.8 Å². The second-order valence-corrected chi connectivity index (χ2v) is 6.65. The van der Waals surface area contributed by atoms with Gasteiger partial charge in [0.2, 0.25) is 5.91 Å². The Labute approximate surface area is 143 Å². The Morgan fingerprint density at radius 1 is 1.39 bits per heavy atom. The zero-order valence-corrected chi connectivity index (χ0v) is 15.0. The molecule has 0 saturated carbocycles. The van der Waals surface area contributed by atoms with E-state index in [4.69, 9.17) is 16.3 Å². The number of thiophene rings is 1. The number of carbonyl (C=O) groups is 2. The average Bonchev–Trinajstić information content (AvgIpc) is 2.90. The summed E-state index contributed by atoms with van der Waals surface area (Å²) in [5.74, 6) is -0.710. The van der Waals surface area contributed by atoms with Gasteiger partial charge in [-0.05, 0) is 33.3 Å². The normalized spacial score (nSPS) is 10.7. The molecule has 0 aliphatic carbocycles. The van der Waals surface area contributed by atoms with Gasteiger partial charge in [-0.2, -0.15) is 5.10 Å². The summed E-state index contributed by atoms with van der Waals surface area (Å²) in [5, 5.41) is 7.91. The zero-order valence-electron chi connectivity index (χ0n) is 13.4. The number of esters is 1. The molecule has 0 radical (unpaired) electrons. The molecule has 0 spiro atoms. The van der Waals surface area contributed by atoms with Crippen LogP contribution in [0.25, 0.3) is 0 Å². The summed E-state index contributed by atoms with van der Waals surface area (Å²) in [6, 6.07) is 0. The molecule has 1 N–H and O–H groups in total. The van der Waals surface area contributed by atoms with Crippen molar-refractivity contribution in [3.8, 4) is 0 Å². The fraction of sp³-hybridized carbons (Fsp3) is 0.400. The fourth-order valence-corrected chi connectivity index (χ4v) is 3.27. The predicted molar refractivity (Wildman–Crippen MR) is 90.4 cm³/mol. The molecule has 0 atom stereocenters. The van der Waals surface area contributed by atoms with Crippen molar-refractivity contribution < 1.29 is 14.3 Å². The van der Waals surface area contributed by atoms with Crippen LogP contribution in [0.5, 0.6) is 0 Å². The van der Waals surface area contributed by atoms with E-state index in [1.54, 1.807) is 20.0 Å². The maximum Gasteiger partial charge on any atom is 0.341 e. The first kappa shape index (κ1) is 17.5. The lowest BCUT2D eigenvalue weighted by atomic mass is 10.1. The van der Waals surface area contributed by atoms with Crippen molar-refractivity contribution in [1.29, 1.82) is 0 Å². The highest BCUT2D eigenvalue weighted by Crippen LogP contribution is 2.33. The van der Waals surface area contributed by atoms with Crippen LogP contribution in [0.2, 0.25) is 5.02 Å². The number of carbonyl (C=O) groups excluding carboxylic acids is 2. The number of nitrogens with zero attached hydrogens (tertiary/aromatic N) is 2. The molecule has 6 nitrogen and oxygen atoms in total. The molecule has 124 valence electrons. The van der Waals surface area contributed by atoms with Crippen molar-refractivity contribution in [3.63, 3.8) is 0 Å². The van der Waals surface area contributed by atoms with E-state index in [1.165, 1.54) is 16.0 Å². The maximum absolute atomic E-state index is 12.2. The van der Waals surface area contributed by atoms with Crippen LogP contribution in [0.15, 0.2) is 6.20 Å². The molecular formula is C15H18ClN3O3S. The molecular weight excluding hydrogens is 338 g/mol. The lowest BCUT2D eigenvalue weighted by Gasteiger charge is -2.07. The van der Waals surface area contributed by atoms with E-state index in [-0.39, 0.29) is 19.1 Å². The summed E-state index contributed by atoms with van der Waals surface area (Å²) < 4.78 is 6.53. The van der Waals surface area contributed by atoms with Gasteiger partial charge in [0.25, 0.3) is 0 Å². The molecule has 0 unspecified atom stereocenters. The van der Waals surface area contributed by atoms with Crippen molar-refractivity contribution in [2.75, 3.05) is 11.9 Å². The minimum Gasteiger partial charge on any atom is -0.462 e. The Hall–Kier alpha value is -1.86. The highest BCUT2D eigenvalue weighted by atomic mass is 35.5. The molecule has 0 aliphatic rings. The first-order chi connectivity index (χ1) is 10.8. The van der Waals surface area contributed by atoms with Crippen LogP contribution in [-0.2, 0) is 16.1 Å². The lowest BCUT2D eigenvalue weighted by molar-refractivity contribution is -0.116. The average molecular weight is 356 g/mol. The van der Waals surface area contributed by atoms with Gasteiger partial charge in [-0.25, -0.2) is 4.79 Å². The van der Waals surface area contributed by atoms with Crippen LogP contribution < -0.4 is 5.32 Å². The quantitative estimate of drug-likeness (QED) is 0.835. The summed E-state index contributed by atoms with van der Waals surface area (Å²) in [6.45, 7) is 7.55. The van der Waals surface area contributed by atoms with Crippen molar-refractivity contribution in [3.05, 3.63) is 32.9 Å². The molecule has 2 heterocycles. The van der Waals surface area contributed by atoms with Gasteiger partial charge in [-0.1, -0.05) is 11.6 Å². The number of aromatic nitrogens is 2. The van der Waals surface area contributed by atoms with E-state index in [2.05, 4.69) is 10.4 Å². The standard InChI is InChI=1S/C15H18ClN3O3S/c1-5-22-15(21)13-8(2)10(4)23-14(13)17-12(20)7-19-6-11(16)9(3)18-19/h6H,5,7H2,1-4H3,(H,17,20). The van der Waals surface area contributed by atoms with E-state index in [0.29, 0.717) is 21.3 Å². The molecule has 1 amide bonds. The summed E-state index contributed by atoms with van der Waals surface area (Å²) in [5.41, 5.74) is 1.90. The Balaban J connectivity index is 2.17. The van der Waals surface area contributed by atoms with E-state index in [1.807, 2.05) is 13.8 Å². The minimum absolute atomic E-state index is 0.0197. The number of hydrogen-bond acceptors (Lipinski definition) is 5. The van der Waals surface area contributed by atoms with Gasteiger partial charge in [0, 0.05) is 11.1 Å². The van der Waals surface area contributed by atoms with Gasteiger partial charge in [0.05, 0.1) is 22.9 Å². The third-order valence-corrected chi connectivity index (χ3v) is 4.80. The third kappa shape index (κ3) is 3.92. The van der Waals surface area contributed by atoms with Crippen molar-refractivity contribution in [2.45, 2.75) is 34.2 Å². The maximum atomic E-state index is 12.2. The van der Waals surface area contributed by atoms with Crippen LogP contribution >= 0.6 is 22.9 Å². The summed E-state index contributed by atoms with van der Waals surface area (Å²) in [6.07, 6.45) is 1.59. The van der Waals surface area contributed by atoms with E-state index >= 15 is 0 Å². The number of halogens is 1. The molecule has 0 aliphatic heterocycles. The highest BCUT2D eigenvalue weighted by molar-refractivity contribution is 7.16. The van der Waals surface area contributed by atoms with Gasteiger partial charge in [0.15, 0.2) is 0 Å². The largest absolute Gasteiger partial charge is 0.462 e. The third-order valence-electron chi connectivity index (χ3n) is 3.31. The Morgan fingerprint density at radius 2 is 2.09 bits per heavy atom. The molecule has 23 heavy (non-hydrogen) atoms. The molecule has 2 aromatic rings. The van der Waals surface area contributed by atoms with Gasteiger partial charge in [0.1, 0.15) is 11.5 Å². The molecule has 0 aromatic carbocycles. The van der Waals surface area contributed by atoms with Gasteiger partial charge in [-0.15, -0.1) is 11.3 Å². The number of amides is 1. The highest BCUT2D eigenvalue weighted by Gasteiger charge is 2.22. The van der Waals surface area contributed by atoms with E-state index < -0.39 is 5.97 Å². The first-order valence-electron chi connectivity index (χ1n) is 7.10. The van der Waals surface area contributed by atoms with E-state index in [9.17, 15) is 9.59 Å². The second-order valence-electron chi connectivity index (χ2n) is 5.02. The van der Waals surface area contributed by atoms with Gasteiger partial charge >= 0.3 is 5.97 Å². The number of aryl methyl sites for hydroxylation is 2. The molecule has 2 rings (SSSR count). The number of anilines is 1. The SMILES string of the molecule is CCOC(=O)c1c(NC(=O)Cn2cc(Cl)c(C)n2)sc(C)c1C. The lowest BCUT2D eigenvalue weighted by Crippen LogP contribution is -2.20. The fourth-order valence-electron chi connectivity index (χ4n) is 2.05. The van der Waals surface area contributed by atoms with Crippen LogP contribution in [-0.4, -0.2) is 28.3 Å². The molecule has 0 fully saturated rings. The van der Waals surface area contributed by atoms with Crippen molar-refractivity contribution in [2.24, 2.45) is 0 Å². The number of ether oxygens (including phenoxy) is 1. The number of nitrogens with one attached hydrogen (secondary N) is 1. The Kier molecular flexibility index (Phi) is 5.43. The number of rotatable bonds is 5. The molecule has 0 bridgehead atoms. The smallest absolute Gasteiger partial charge is 0.341 e. The number of hydrogen-bond donors (Lipinski definition) is 1. The monoisotopic (exact) mass is 355 g/mol. The van der Waals surface area contributed by atoms with Crippen molar-refractivity contribution in [1.82, 2.24) is 9.78 Å². The molecule has 8 heteroatoms. The van der Waals surface area contributed by atoms with Crippen LogP contribution in [0.3, 0.4) is 0 Å². The topological polar surface area (TPSA) is 73.2 Å². The Morgan fingerprint density at radius 3 is 2.65 bits per heavy atom. The van der Waals surface area contributed by atoms with Gasteiger partial charge in [-0.3, -0.25) is 9.48 Å². The predicted octanol–water partition coefficient (Wildman–Crippen LogP) is 3.34. The van der Waals surface area contributed by atoms with Crippen LogP contribution in [0.4, 0.5) is 5.00 Å². The molecule has 2 aromatic heterocycles. The summed E-state index contributed by atoms with van der Waals surface area (Å²) in [7, 11) is 0. The zero-order chi connectivity index (χ0) is 17.1. The first-order valence-corrected chi connectivity index (χ1v) is 8.29. The Bertz CT molecular complexity index is 732.